The van der Waals surface area contributed by atoms with E-state index >= 15 is 0 Å². The minimum atomic E-state index is 0.666. The standard InChI is InChI=1S/C22H19NO/c1-15-5-6-19(14-22(15)24-4)18-9-12-21(16(2)13-18)17-7-10-20(23-3)11-8-17/h5-14H,1-2,4H3. The van der Waals surface area contributed by atoms with Crippen molar-refractivity contribution in [3.8, 4) is 28.0 Å². The first-order valence-corrected chi connectivity index (χ1v) is 7.86. The number of ether oxygens (including phenoxy) is 1. The van der Waals surface area contributed by atoms with E-state index in [1.165, 1.54) is 16.7 Å². The van der Waals surface area contributed by atoms with Crippen LogP contribution in [-0.2, 0) is 0 Å². The monoisotopic (exact) mass is 313 g/mol. The maximum absolute atomic E-state index is 7.05. The van der Waals surface area contributed by atoms with E-state index in [-0.39, 0.29) is 0 Å². The molecule has 0 aromatic heterocycles. The van der Waals surface area contributed by atoms with Gasteiger partial charge in [0.2, 0.25) is 0 Å². The molecule has 0 N–H and O–H groups in total. The summed E-state index contributed by atoms with van der Waals surface area (Å²) in [4.78, 5) is 3.44. The zero-order valence-corrected chi connectivity index (χ0v) is 14.1. The molecule has 2 nitrogen and oxygen atoms in total. The summed E-state index contributed by atoms with van der Waals surface area (Å²) in [7, 11) is 1.70. The molecule has 0 amide bonds. The molecule has 0 spiro atoms. The van der Waals surface area contributed by atoms with Gasteiger partial charge < -0.3 is 4.74 Å². The van der Waals surface area contributed by atoms with Gasteiger partial charge in [-0.15, -0.1) is 0 Å². The van der Waals surface area contributed by atoms with E-state index in [1.807, 2.05) is 31.2 Å². The number of hydrogen-bond acceptors (Lipinski definition) is 1. The summed E-state index contributed by atoms with van der Waals surface area (Å²) in [6, 6.07) is 20.5. The van der Waals surface area contributed by atoms with Crippen LogP contribution in [0.5, 0.6) is 5.75 Å². The predicted molar refractivity (Wildman–Crippen MR) is 99.6 cm³/mol. The highest BCUT2D eigenvalue weighted by atomic mass is 16.5. The smallest absolute Gasteiger partial charge is 0.187 e. The number of aryl methyl sites for hydroxylation is 2. The molecule has 0 aliphatic heterocycles. The van der Waals surface area contributed by atoms with E-state index in [9.17, 15) is 0 Å². The fraction of sp³-hybridized carbons (Fsp3) is 0.136. The predicted octanol–water partition coefficient (Wildman–Crippen LogP) is 6.20. The Morgan fingerprint density at radius 3 is 2.00 bits per heavy atom. The van der Waals surface area contributed by atoms with Crippen molar-refractivity contribution < 1.29 is 4.74 Å². The molecular weight excluding hydrogens is 294 g/mol. The summed E-state index contributed by atoms with van der Waals surface area (Å²) >= 11 is 0. The van der Waals surface area contributed by atoms with Gasteiger partial charge in [0.15, 0.2) is 5.69 Å². The third-order valence-corrected chi connectivity index (χ3v) is 4.28. The lowest BCUT2D eigenvalue weighted by molar-refractivity contribution is 0.412. The Bertz CT molecular complexity index is 918. The van der Waals surface area contributed by atoms with Crippen LogP contribution in [0, 0.1) is 20.4 Å². The van der Waals surface area contributed by atoms with Gasteiger partial charge in [-0.2, -0.15) is 0 Å². The number of benzene rings is 3. The quantitative estimate of drug-likeness (QED) is 0.525. The van der Waals surface area contributed by atoms with Gasteiger partial charge in [0.1, 0.15) is 5.75 Å². The van der Waals surface area contributed by atoms with Crippen molar-refractivity contribution in [1.82, 2.24) is 0 Å². The van der Waals surface area contributed by atoms with Gasteiger partial charge in [-0.05, 0) is 53.3 Å². The fourth-order valence-electron chi connectivity index (χ4n) is 2.88. The van der Waals surface area contributed by atoms with Crippen LogP contribution in [0.3, 0.4) is 0 Å². The third kappa shape index (κ3) is 3.02. The summed E-state index contributed by atoms with van der Waals surface area (Å²) < 4.78 is 5.43. The average Bonchev–Trinajstić information content (AvgIpc) is 2.62. The van der Waals surface area contributed by atoms with Crippen LogP contribution in [0.4, 0.5) is 5.69 Å². The largest absolute Gasteiger partial charge is 0.496 e. The van der Waals surface area contributed by atoms with E-state index in [0.717, 1.165) is 22.4 Å². The molecule has 24 heavy (non-hydrogen) atoms. The average molecular weight is 313 g/mol. The van der Waals surface area contributed by atoms with Crippen LogP contribution in [0.15, 0.2) is 60.7 Å². The topological polar surface area (TPSA) is 13.6 Å². The Balaban J connectivity index is 1.99. The van der Waals surface area contributed by atoms with Gasteiger partial charge in [0.25, 0.3) is 0 Å². The summed E-state index contributed by atoms with van der Waals surface area (Å²) in [5.41, 5.74) is 7.65. The molecule has 0 radical (unpaired) electrons. The van der Waals surface area contributed by atoms with Crippen molar-refractivity contribution >= 4 is 5.69 Å². The van der Waals surface area contributed by atoms with Crippen LogP contribution in [0.2, 0.25) is 0 Å². The Labute approximate surface area is 143 Å². The van der Waals surface area contributed by atoms with E-state index < -0.39 is 0 Å². The zero-order chi connectivity index (χ0) is 17.1. The van der Waals surface area contributed by atoms with E-state index in [1.54, 1.807) is 7.11 Å². The van der Waals surface area contributed by atoms with Crippen LogP contribution < -0.4 is 4.74 Å². The molecule has 2 heteroatoms. The van der Waals surface area contributed by atoms with Gasteiger partial charge in [0.05, 0.1) is 13.7 Å². The first-order chi connectivity index (χ1) is 11.6. The molecule has 0 unspecified atom stereocenters. The van der Waals surface area contributed by atoms with Crippen molar-refractivity contribution in [3.63, 3.8) is 0 Å². The number of nitrogens with zero attached hydrogens (tertiary/aromatic N) is 1. The molecule has 0 fully saturated rings. The second-order valence-corrected chi connectivity index (χ2v) is 5.87. The molecule has 0 heterocycles. The van der Waals surface area contributed by atoms with Gasteiger partial charge in [-0.3, -0.25) is 0 Å². The second kappa shape index (κ2) is 6.60. The summed E-state index contributed by atoms with van der Waals surface area (Å²) in [5, 5.41) is 0. The molecule has 118 valence electrons. The van der Waals surface area contributed by atoms with Crippen molar-refractivity contribution in [3.05, 3.63) is 83.2 Å². The van der Waals surface area contributed by atoms with Gasteiger partial charge in [-0.25, -0.2) is 4.85 Å². The molecule has 0 saturated carbocycles. The molecular formula is C22H19NO. The van der Waals surface area contributed by atoms with Gasteiger partial charge >= 0.3 is 0 Å². The van der Waals surface area contributed by atoms with Crippen LogP contribution >= 0.6 is 0 Å². The lowest BCUT2D eigenvalue weighted by Crippen LogP contribution is -1.89. The van der Waals surface area contributed by atoms with Crippen LogP contribution in [-0.4, -0.2) is 7.11 Å². The molecule has 3 rings (SSSR count). The van der Waals surface area contributed by atoms with Crippen molar-refractivity contribution in [2.45, 2.75) is 13.8 Å². The van der Waals surface area contributed by atoms with Gasteiger partial charge in [0, 0.05) is 0 Å². The minimum absolute atomic E-state index is 0.666. The highest BCUT2D eigenvalue weighted by Crippen LogP contribution is 2.31. The highest BCUT2D eigenvalue weighted by Gasteiger charge is 2.07. The second-order valence-electron chi connectivity index (χ2n) is 5.87. The lowest BCUT2D eigenvalue weighted by atomic mass is 9.95. The van der Waals surface area contributed by atoms with Crippen molar-refractivity contribution in [2.75, 3.05) is 7.11 Å². The summed E-state index contributed by atoms with van der Waals surface area (Å²) in [5.74, 6) is 0.906. The van der Waals surface area contributed by atoms with Crippen LogP contribution in [0.25, 0.3) is 27.1 Å². The van der Waals surface area contributed by atoms with E-state index in [2.05, 4.69) is 48.2 Å². The molecule has 0 bridgehead atoms. The molecule has 3 aromatic rings. The normalized spacial score (nSPS) is 10.2. The lowest BCUT2D eigenvalue weighted by Gasteiger charge is -2.11. The third-order valence-electron chi connectivity index (χ3n) is 4.28. The van der Waals surface area contributed by atoms with Crippen molar-refractivity contribution in [1.29, 1.82) is 0 Å². The first-order valence-electron chi connectivity index (χ1n) is 7.86. The Morgan fingerprint density at radius 2 is 1.38 bits per heavy atom. The molecule has 3 aromatic carbocycles. The molecule has 0 saturated heterocycles. The maximum Gasteiger partial charge on any atom is 0.187 e. The number of hydrogen-bond donors (Lipinski definition) is 0. The SMILES string of the molecule is [C-]#[N+]c1ccc(-c2ccc(-c3ccc(C)c(OC)c3)cc2C)cc1. The first kappa shape index (κ1) is 15.8. The summed E-state index contributed by atoms with van der Waals surface area (Å²) in [6.45, 7) is 11.2. The fourth-order valence-corrected chi connectivity index (χ4v) is 2.88. The Hall–Kier alpha value is -3.05. The molecule has 0 aliphatic rings. The van der Waals surface area contributed by atoms with Gasteiger partial charge in [-0.1, -0.05) is 54.6 Å². The summed E-state index contributed by atoms with van der Waals surface area (Å²) in [6.07, 6.45) is 0. The van der Waals surface area contributed by atoms with E-state index in [4.69, 9.17) is 11.3 Å². The van der Waals surface area contributed by atoms with E-state index in [0.29, 0.717) is 5.69 Å². The minimum Gasteiger partial charge on any atom is -0.496 e. The molecule has 0 atom stereocenters. The van der Waals surface area contributed by atoms with Crippen molar-refractivity contribution in [2.24, 2.45) is 0 Å². The zero-order valence-electron chi connectivity index (χ0n) is 14.1. The maximum atomic E-state index is 7.05. The Kier molecular flexibility index (Phi) is 4.35. The number of methoxy groups -OCH3 is 1. The Morgan fingerprint density at radius 1 is 0.750 bits per heavy atom. The number of rotatable bonds is 3. The van der Waals surface area contributed by atoms with Crippen LogP contribution in [0.1, 0.15) is 11.1 Å². The molecule has 0 aliphatic carbocycles. The highest BCUT2D eigenvalue weighted by molar-refractivity contribution is 5.75.